The maximum Gasteiger partial charge on any atom is 0.418 e. The largest absolute Gasteiger partial charge is 0.478 e. The summed E-state index contributed by atoms with van der Waals surface area (Å²) in [6.45, 7) is 0. The molecular weight excluding hydrogens is 569 g/mol. The Morgan fingerprint density at radius 3 is 2.27 bits per heavy atom. The van der Waals surface area contributed by atoms with Gasteiger partial charge in [0, 0.05) is 22.7 Å². The van der Waals surface area contributed by atoms with Crippen LogP contribution in [0.2, 0.25) is 5.02 Å². The van der Waals surface area contributed by atoms with Crippen LogP contribution in [0.4, 0.5) is 27.6 Å². The van der Waals surface area contributed by atoms with E-state index in [1.807, 2.05) is 0 Å². The van der Waals surface area contributed by atoms with Crippen molar-refractivity contribution in [1.82, 2.24) is 9.55 Å². The van der Waals surface area contributed by atoms with Crippen LogP contribution in [0.3, 0.4) is 0 Å². The molecule has 214 valence electrons. The standard InChI is InChI=1S/C29H23ClF5N3O3/c30-18-9-6-16(7-10-18)26-36-23-13-20(31)21(32)14-24(23)38(26)25(15-4-2-1-3-5-15)27(39)37-22-11-8-17(28(40)41)12-19(22)29(33,34)35/h6-15,25H,1-5H2,(H,37,39)(H,40,41)/t25-/m0/s1. The molecule has 1 amide bonds. The first-order valence-electron chi connectivity index (χ1n) is 12.8. The SMILES string of the molecule is O=C(O)c1ccc(NC(=O)[C@H](C2CCCCC2)n2c(-c3ccc(Cl)cc3)nc3cc(F)c(F)cc32)c(C(F)(F)F)c1. The second kappa shape index (κ2) is 11.1. The summed E-state index contributed by atoms with van der Waals surface area (Å²) in [6, 6.07) is 9.38. The molecule has 0 bridgehead atoms. The number of alkyl halides is 3. The molecule has 0 saturated heterocycles. The molecule has 0 spiro atoms. The zero-order valence-electron chi connectivity index (χ0n) is 21.3. The van der Waals surface area contributed by atoms with E-state index in [1.165, 1.54) is 4.57 Å². The lowest BCUT2D eigenvalue weighted by atomic mass is 9.83. The van der Waals surface area contributed by atoms with Crippen LogP contribution in [0.5, 0.6) is 0 Å². The molecule has 0 unspecified atom stereocenters. The van der Waals surface area contributed by atoms with Crippen molar-refractivity contribution < 1.29 is 36.6 Å². The van der Waals surface area contributed by atoms with Gasteiger partial charge < -0.3 is 15.0 Å². The number of imidazole rings is 1. The number of hydrogen-bond acceptors (Lipinski definition) is 3. The highest BCUT2D eigenvalue weighted by Gasteiger charge is 2.38. The molecule has 1 aliphatic rings. The number of carboxylic acid groups (broad SMARTS) is 1. The number of aromatic nitrogens is 2. The summed E-state index contributed by atoms with van der Waals surface area (Å²) in [5, 5.41) is 12.0. The number of fused-ring (bicyclic) bond motifs is 1. The number of benzene rings is 3. The zero-order valence-corrected chi connectivity index (χ0v) is 22.1. The quantitative estimate of drug-likeness (QED) is 0.222. The van der Waals surface area contributed by atoms with Gasteiger partial charge in [0.1, 0.15) is 11.9 Å². The van der Waals surface area contributed by atoms with E-state index in [0.717, 1.165) is 43.5 Å². The van der Waals surface area contributed by atoms with Crippen molar-refractivity contribution in [3.8, 4) is 11.4 Å². The summed E-state index contributed by atoms with van der Waals surface area (Å²) < 4.78 is 72.0. The average molecular weight is 592 g/mol. The fourth-order valence-electron chi connectivity index (χ4n) is 5.39. The predicted molar refractivity (Wildman–Crippen MR) is 143 cm³/mol. The maximum atomic E-state index is 14.5. The number of carbonyl (C=O) groups is 2. The van der Waals surface area contributed by atoms with Crippen molar-refractivity contribution in [2.45, 2.75) is 44.3 Å². The molecule has 1 atom stereocenters. The van der Waals surface area contributed by atoms with Crippen molar-refractivity contribution in [2.75, 3.05) is 5.32 Å². The van der Waals surface area contributed by atoms with Crippen molar-refractivity contribution in [1.29, 1.82) is 0 Å². The van der Waals surface area contributed by atoms with Gasteiger partial charge in [-0.15, -0.1) is 0 Å². The molecule has 2 N–H and O–H groups in total. The molecule has 0 radical (unpaired) electrons. The van der Waals surface area contributed by atoms with Gasteiger partial charge in [-0.25, -0.2) is 18.6 Å². The van der Waals surface area contributed by atoms with Crippen molar-refractivity contribution in [3.05, 3.63) is 82.4 Å². The normalized spacial score (nSPS) is 15.2. The second-order valence-corrected chi connectivity index (χ2v) is 10.4. The minimum atomic E-state index is -4.97. The molecule has 1 heterocycles. The van der Waals surface area contributed by atoms with Gasteiger partial charge in [0.2, 0.25) is 5.91 Å². The number of nitrogens with zero attached hydrogens (tertiary/aromatic N) is 2. The Morgan fingerprint density at radius 1 is 0.976 bits per heavy atom. The average Bonchev–Trinajstić information content (AvgIpc) is 3.27. The van der Waals surface area contributed by atoms with Crippen LogP contribution in [-0.2, 0) is 11.0 Å². The first kappa shape index (κ1) is 28.5. The minimum Gasteiger partial charge on any atom is -0.478 e. The lowest BCUT2D eigenvalue weighted by Crippen LogP contribution is -2.34. The molecule has 1 fully saturated rings. The monoisotopic (exact) mass is 591 g/mol. The predicted octanol–water partition coefficient (Wildman–Crippen LogP) is 8.11. The molecule has 1 saturated carbocycles. The second-order valence-electron chi connectivity index (χ2n) is 9.96. The Bertz CT molecular complexity index is 1630. The van der Waals surface area contributed by atoms with Crippen LogP contribution in [0.15, 0.2) is 54.6 Å². The van der Waals surface area contributed by atoms with Crippen LogP contribution in [0.1, 0.15) is 54.1 Å². The van der Waals surface area contributed by atoms with Gasteiger partial charge in [-0.05, 0) is 61.2 Å². The summed E-state index contributed by atoms with van der Waals surface area (Å²) in [7, 11) is 0. The number of halogens is 6. The van der Waals surface area contributed by atoms with E-state index in [0.29, 0.717) is 29.5 Å². The fourth-order valence-corrected chi connectivity index (χ4v) is 5.52. The molecule has 4 aromatic rings. The smallest absolute Gasteiger partial charge is 0.418 e. The van der Waals surface area contributed by atoms with Crippen molar-refractivity contribution >= 4 is 40.2 Å². The van der Waals surface area contributed by atoms with E-state index in [-0.39, 0.29) is 22.8 Å². The summed E-state index contributed by atoms with van der Waals surface area (Å²) in [4.78, 5) is 29.8. The van der Waals surface area contributed by atoms with E-state index >= 15 is 0 Å². The number of amides is 1. The molecule has 5 rings (SSSR count). The topological polar surface area (TPSA) is 84.2 Å². The third kappa shape index (κ3) is 5.76. The first-order valence-corrected chi connectivity index (χ1v) is 13.2. The Balaban J connectivity index is 1.69. The molecule has 3 aromatic carbocycles. The van der Waals surface area contributed by atoms with Gasteiger partial charge in [0.15, 0.2) is 11.6 Å². The summed E-state index contributed by atoms with van der Waals surface area (Å²) in [5.41, 5.74) is -1.91. The van der Waals surface area contributed by atoms with Crippen LogP contribution in [-0.4, -0.2) is 26.5 Å². The first-order chi connectivity index (χ1) is 19.4. The Labute approximate surface area is 235 Å². The highest BCUT2D eigenvalue weighted by molar-refractivity contribution is 6.30. The summed E-state index contributed by atoms with van der Waals surface area (Å²) >= 11 is 6.05. The van der Waals surface area contributed by atoms with Gasteiger partial charge in [-0.2, -0.15) is 13.2 Å². The summed E-state index contributed by atoms with van der Waals surface area (Å²) in [6.07, 6.45) is -1.40. The number of carboxylic acids is 1. The molecule has 12 heteroatoms. The van der Waals surface area contributed by atoms with Gasteiger partial charge in [0.25, 0.3) is 0 Å². The Hall–Kier alpha value is -3.99. The number of rotatable bonds is 6. The van der Waals surface area contributed by atoms with E-state index in [4.69, 9.17) is 11.6 Å². The van der Waals surface area contributed by atoms with E-state index in [1.54, 1.807) is 24.3 Å². The zero-order chi connectivity index (χ0) is 29.5. The van der Waals surface area contributed by atoms with Crippen molar-refractivity contribution in [2.24, 2.45) is 5.92 Å². The molecule has 0 aliphatic heterocycles. The fraction of sp³-hybridized carbons (Fsp3) is 0.276. The lowest BCUT2D eigenvalue weighted by molar-refractivity contribution is -0.137. The maximum absolute atomic E-state index is 14.5. The molecule has 6 nitrogen and oxygen atoms in total. The minimum absolute atomic E-state index is 0.0595. The third-order valence-corrected chi connectivity index (χ3v) is 7.56. The number of anilines is 1. The van der Waals surface area contributed by atoms with Crippen LogP contribution in [0.25, 0.3) is 22.4 Å². The van der Waals surface area contributed by atoms with Crippen LogP contribution >= 0.6 is 11.6 Å². The van der Waals surface area contributed by atoms with Crippen molar-refractivity contribution in [3.63, 3.8) is 0 Å². The number of nitrogens with one attached hydrogen (secondary N) is 1. The Kier molecular flexibility index (Phi) is 7.74. The Morgan fingerprint density at radius 2 is 1.63 bits per heavy atom. The van der Waals surface area contributed by atoms with Crippen LogP contribution < -0.4 is 5.32 Å². The summed E-state index contributed by atoms with van der Waals surface area (Å²) in [5.74, 6) is -4.88. The van der Waals surface area contributed by atoms with E-state index < -0.39 is 52.5 Å². The third-order valence-electron chi connectivity index (χ3n) is 7.31. The van der Waals surface area contributed by atoms with Gasteiger partial charge >= 0.3 is 12.1 Å². The van der Waals surface area contributed by atoms with Crippen LogP contribution in [0, 0.1) is 17.6 Å². The highest BCUT2D eigenvalue weighted by atomic mass is 35.5. The molecule has 1 aliphatic carbocycles. The number of aromatic carboxylic acids is 1. The van der Waals surface area contributed by atoms with E-state index in [9.17, 15) is 36.6 Å². The van der Waals surface area contributed by atoms with E-state index in [2.05, 4.69) is 10.3 Å². The van der Waals surface area contributed by atoms with Gasteiger partial charge in [0.05, 0.1) is 27.8 Å². The number of carbonyl (C=O) groups excluding carboxylic acids is 1. The molecule has 1 aromatic heterocycles. The number of hydrogen-bond donors (Lipinski definition) is 2. The lowest BCUT2D eigenvalue weighted by Gasteiger charge is -2.32. The molecule has 41 heavy (non-hydrogen) atoms. The highest BCUT2D eigenvalue weighted by Crippen LogP contribution is 2.41. The molecular formula is C29H23ClF5N3O3. The van der Waals surface area contributed by atoms with Gasteiger partial charge in [-0.3, -0.25) is 4.79 Å². The van der Waals surface area contributed by atoms with Gasteiger partial charge in [-0.1, -0.05) is 30.9 Å².